The average molecular weight is 141 g/mol. The van der Waals surface area contributed by atoms with Gasteiger partial charge >= 0.3 is 0 Å². The molecule has 0 bridgehead atoms. The maximum absolute atomic E-state index is 11.3. The van der Waals surface area contributed by atoms with Crippen LogP contribution >= 0.6 is 0 Å². The van der Waals surface area contributed by atoms with E-state index in [1.54, 1.807) is 0 Å². The summed E-state index contributed by atoms with van der Waals surface area (Å²) in [5, 5.41) is 0. The van der Waals surface area contributed by atoms with Crippen LogP contribution in [-0.4, -0.2) is 30.3 Å². The summed E-state index contributed by atoms with van der Waals surface area (Å²) in [6, 6.07) is 0. The Morgan fingerprint density at radius 3 is 2.20 bits per heavy atom. The summed E-state index contributed by atoms with van der Waals surface area (Å²) in [6.45, 7) is 8.80. The molecule has 1 rings (SSSR count). The van der Waals surface area contributed by atoms with Gasteiger partial charge in [0.05, 0.1) is 6.54 Å². The molecular formula is C8H15NO. The number of nitrogens with zero attached hydrogens (tertiary/aromatic N) is 1. The van der Waals surface area contributed by atoms with Crippen molar-refractivity contribution >= 4 is 5.78 Å². The summed E-state index contributed by atoms with van der Waals surface area (Å²) in [5.74, 6) is 0.352. The molecule has 0 aromatic rings. The topological polar surface area (TPSA) is 20.1 Å². The third-order valence-corrected chi connectivity index (χ3v) is 1.74. The van der Waals surface area contributed by atoms with Gasteiger partial charge in [-0.25, -0.2) is 0 Å². The highest BCUT2D eigenvalue weighted by molar-refractivity contribution is 5.85. The fourth-order valence-electron chi connectivity index (χ4n) is 0.669. The summed E-state index contributed by atoms with van der Waals surface area (Å²) in [4.78, 5) is 13.4. The summed E-state index contributed by atoms with van der Waals surface area (Å²) in [6.07, 6.45) is 0. The van der Waals surface area contributed by atoms with Crippen LogP contribution in [-0.2, 0) is 4.79 Å². The SMILES string of the molecule is CC(C)(C)C(=O)CN1CC1. The lowest BCUT2D eigenvalue weighted by Crippen LogP contribution is -2.27. The van der Waals surface area contributed by atoms with Crippen molar-refractivity contribution in [2.24, 2.45) is 5.41 Å². The predicted octanol–water partition coefficient (Wildman–Crippen LogP) is 0.917. The fraction of sp³-hybridized carbons (Fsp3) is 0.875. The normalized spacial score (nSPS) is 19.1. The fourth-order valence-corrected chi connectivity index (χ4v) is 0.669. The van der Waals surface area contributed by atoms with E-state index in [9.17, 15) is 4.79 Å². The van der Waals surface area contributed by atoms with Gasteiger partial charge in [0.2, 0.25) is 0 Å². The molecule has 1 heterocycles. The van der Waals surface area contributed by atoms with Crippen LogP contribution in [0.15, 0.2) is 0 Å². The molecule has 2 nitrogen and oxygen atoms in total. The first kappa shape index (κ1) is 7.73. The van der Waals surface area contributed by atoms with Crippen LogP contribution < -0.4 is 0 Å². The van der Waals surface area contributed by atoms with E-state index in [2.05, 4.69) is 4.90 Å². The van der Waals surface area contributed by atoms with E-state index in [-0.39, 0.29) is 5.41 Å². The summed E-state index contributed by atoms with van der Waals surface area (Å²) in [7, 11) is 0. The summed E-state index contributed by atoms with van der Waals surface area (Å²) < 4.78 is 0. The van der Waals surface area contributed by atoms with Gasteiger partial charge in [0.25, 0.3) is 0 Å². The van der Waals surface area contributed by atoms with Gasteiger partial charge in [0.15, 0.2) is 5.78 Å². The molecule has 0 aliphatic carbocycles. The Labute approximate surface area is 62.2 Å². The van der Waals surface area contributed by atoms with Gasteiger partial charge in [0.1, 0.15) is 0 Å². The first-order valence-corrected chi connectivity index (χ1v) is 3.76. The van der Waals surface area contributed by atoms with E-state index in [0.29, 0.717) is 12.3 Å². The third kappa shape index (κ3) is 2.10. The third-order valence-electron chi connectivity index (χ3n) is 1.74. The highest BCUT2D eigenvalue weighted by atomic mass is 16.1. The Hall–Kier alpha value is -0.370. The number of carbonyl (C=O) groups excluding carboxylic acids is 1. The molecule has 58 valence electrons. The highest BCUT2D eigenvalue weighted by Crippen LogP contribution is 2.16. The van der Waals surface area contributed by atoms with Crippen LogP contribution in [0.2, 0.25) is 0 Å². The minimum Gasteiger partial charge on any atom is -0.298 e. The van der Waals surface area contributed by atoms with E-state index >= 15 is 0 Å². The maximum Gasteiger partial charge on any atom is 0.152 e. The van der Waals surface area contributed by atoms with Crippen molar-refractivity contribution in [2.75, 3.05) is 19.6 Å². The van der Waals surface area contributed by atoms with Crippen molar-refractivity contribution in [1.29, 1.82) is 0 Å². The quantitative estimate of drug-likeness (QED) is 0.533. The van der Waals surface area contributed by atoms with Crippen LogP contribution in [0.25, 0.3) is 0 Å². The molecule has 1 aliphatic heterocycles. The molecule has 0 spiro atoms. The monoisotopic (exact) mass is 141 g/mol. The van der Waals surface area contributed by atoms with Gasteiger partial charge in [-0.1, -0.05) is 20.8 Å². The molecule has 0 N–H and O–H groups in total. The number of ketones is 1. The Balaban J connectivity index is 2.32. The number of carbonyl (C=O) groups is 1. The van der Waals surface area contributed by atoms with Gasteiger partial charge in [0, 0.05) is 18.5 Å². The van der Waals surface area contributed by atoms with Crippen molar-refractivity contribution in [2.45, 2.75) is 20.8 Å². The Morgan fingerprint density at radius 1 is 1.40 bits per heavy atom. The molecule has 0 aromatic heterocycles. The van der Waals surface area contributed by atoms with Crippen molar-refractivity contribution in [1.82, 2.24) is 4.90 Å². The van der Waals surface area contributed by atoms with Gasteiger partial charge in [-0.15, -0.1) is 0 Å². The lowest BCUT2D eigenvalue weighted by atomic mass is 9.91. The lowest BCUT2D eigenvalue weighted by Gasteiger charge is -2.16. The molecule has 0 saturated carbocycles. The first-order valence-electron chi connectivity index (χ1n) is 3.76. The average Bonchev–Trinajstić information content (AvgIpc) is 2.47. The van der Waals surface area contributed by atoms with E-state index in [0.717, 1.165) is 13.1 Å². The largest absolute Gasteiger partial charge is 0.298 e. The minimum absolute atomic E-state index is 0.150. The summed E-state index contributed by atoms with van der Waals surface area (Å²) in [5.41, 5.74) is -0.150. The van der Waals surface area contributed by atoms with Crippen LogP contribution in [0.3, 0.4) is 0 Å². The number of hydrogen-bond donors (Lipinski definition) is 0. The van der Waals surface area contributed by atoms with Crippen LogP contribution in [0, 0.1) is 5.41 Å². The molecule has 1 aliphatic rings. The Bertz CT molecular complexity index is 142. The smallest absolute Gasteiger partial charge is 0.152 e. The highest BCUT2D eigenvalue weighted by Gasteiger charge is 2.27. The predicted molar refractivity (Wildman–Crippen MR) is 40.9 cm³/mol. The van der Waals surface area contributed by atoms with Gasteiger partial charge in [-0.05, 0) is 0 Å². The first-order chi connectivity index (χ1) is 4.50. The molecule has 1 saturated heterocycles. The molecule has 0 radical (unpaired) electrons. The van der Waals surface area contributed by atoms with Crippen molar-refractivity contribution in [3.8, 4) is 0 Å². The van der Waals surface area contributed by atoms with Crippen molar-refractivity contribution < 1.29 is 4.79 Å². The standard InChI is InChI=1S/C8H15NO/c1-8(2,3)7(10)6-9-4-5-9/h4-6H2,1-3H3. The zero-order valence-electron chi connectivity index (χ0n) is 6.98. The molecule has 10 heavy (non-hydrogen) atoms. The number of Topliss-reactive ketones (excluding diaryl/α,β-unsaturated/α-hetero) is 1. The number of hydrogen-bond acceptors (Lipinski definition) is 2. The van der Waals surface area contributed by atoms with Crippen LogP contribution in [0.1, 0.15) is 20.8 Å². The molecule has 0 amide bonds. The molecular weight excluding hydrogens is 126 g/mol. The second-order valence-corrected chi connectivity index (χ2v) is 3.95. The maximum atomic E-state index is 11.3. The molecule has 0 aromatic carbocycles. The minimum atomic E-state index is -0.150. The Kier molecular flexibility index (Phi) is 1.82. The van der Waals surface area contributed by atoms with Crippen LogP contribution in [0.5, 0.6) is 0 Å². The van der Waals surface area contributed by atoms with Crippen molar-refractivity contribution in [3.63, 3.8) is 0 Å². The zero-order valence-corrected chi connectivity index (χ0v) is 6.98. The Morgan fingerprint density at radius 2 is 1.90 bits per heavy atom. The van der Waals surface area contributed by atoms with E-state index in [4.69, 9.17) is 0 Å². The summed E-state index contributed by atoms with van der Waals surface area (Å²) >= 11 is 0. The lowest BCUT2D eigenvalue weighted by molar-refractivity contribution is -0.126. The zero-order chi connectivity index (χ0) is 7.78. The second kappa shape index (κ2) is 2.35. The molecule has 0 unspecified atom stereocenters. The molecule has 2 heteroatoms. The number of rotatable bonds is 2. The molecule has 1 fully saturated rings. The van der Waals surface area contributed by atoms with Gasteiger partial charge < -0.3 is 0 Å². The van der Waals surface area contributed by atoms with E-state index in [1.807, 2.05) is 20.8 Å². The molecule has 0 atom stereocenters. The van der Waals surface area contributed by atoms with Gasteiger partial charge in [-0.3, -0.25) is 9.69 Å². The van der Waals surface area contributed by atoms with E-state index < -0.39 is 0 Å². The van der Waals surface area contributed by atoms with Crippen molar-refractivity contribution in [3.05, 3.63) is 0 Å². The van der Waals surface area contributed by atoms with E-state index in [1.165, 1.54) is 0 Å². The second-order valence-electron chi connectivity index (χ2n) is 3.95. The van der Waals surface area contributed by atoms with Crippen LogP contribution in [0.4, 0.5) is 0 Å². The van der Waals surface area contributed by atoms with Gasteiger partial charge in [-0.2, -0.15) is 0 Å².